The summed E-state index contributed by atoms with van der Waals surface area (Å²) in [6, 6.07) is 7.75. The summed E-state index contributed by atoms with van der Waals surface area (Å²) in [6.45, 7) is 6.92. The van der Waals surface area contributed by atoms with Crippen LogP contribution in [0.3, 0.4) is 0 Å². The first-order valence-electron chi connectivity index (χ1n) is 9.98. The zero-order valence-electron chi connectivity index (χ0n) is 17.0. The molecule has 1 aromatic carbocycles. The van der Waals surface area contributed by atoms with E-state index in [-0.39, 0.29) is 12.1 Å². The third kappa shape index (κ3) is 5.24. The molecule has 0 unspecified atom stereocenters. The molecule has 1 atom stereocenters. The number of para-hydroxylation sites is 2. The van der Waals surface area contributed by atoms with E-state index < -0.39 is 5.60 Å². The molecule has 1 fully saturated rings. The van der Waals surface area contributed by atoms with E-state index in [0.29, 0.717) is 18.3 Å². The van der Waals surface area contributed by atoms with Crippen LogP contribution in [-0.4, -0.2) is 45.8 Å². The number of benzene rings is 1. The van der Waals surface area contributed by atoms with Crippen molar-refractivity contribution in [3.63, 3.8) is 0 Å². The van der Waals surface area contributed by atoms with E-state index >= 15 is 0 Å². The number of fused-ring (bicyclic) bond motifs is 1. The van der Waals surface area contributed by atoms with Crippen molar-refractivity contribution in [3.8, 4) is 5.88 Å². The fourth-order valence-electron chi connectivity index (χ4n) is 3.45. The molecule has 28 heavy (non-hydrogen) atoms. The molecule has 7 heteroatoms. The lowest BCUT2D eigenvalue weighted by atomic mass is 9.98. The Hall–Kier alpha value is -2.57. The van der Waals surface area contributed by atoms with Crippen LogP contribution in [0.5, 0.6) is 5.88 Å². The van der Waals surface area contributed by atoms with Crippen molar-refractivity contribution in [1.82, 2.24) is 14.9 Å². The maximum atomic E-state index is 12.5. The Morgan fingerprint density at radius 3 is 2.64 bits per heavy atom. The number of carbonyl (C=O) groups is 1. The Labute approximate surface area is 166 Å². The smallest absolute Gasteiger partial charge is 0.410 e. The van der Waals surface area contributed by atoms with Gasteiger partial charge in [-0.15, -0.1) is 0 Å². The molecule has 152 valence electrons. The van der Waals surface area contributed by atoms with Crippen molar-refractivity contribution in [2.45, 2.75) is 64.5 Å². The summed E-state index contributed by atoms with van der Waals surface area (Å²) in [5.41, 5.74) is 7.00. The molecule has 0 spiro atoms. The third-order valence-corrected chi connectivity index (χ3v) is 4.74. The van der Waals surface area contributed by atoms with E-state index in [1.54, 1.807) is 0 Å². The second-order valence-corrected chi connectivity index (χ2v) is 8.22. The SMILES string of the molecule is CC(C)(C)OC(=O)N1CCCC[C@@H]1CCCOc1nc2ccccc2nc1N. The molecule has 1 aromatic heterocycles. The standard InChI is InChI=1S/C21H30N4O3/c1-21(2,3)28-20(26)25-13-7-6-9-15(25)10-8-14-27-19-18(22)23-16-11-4-5-12-17(16)24-19/h4-5,11-12,15H,6-10,13-14H2,1-3H3,(H2,22,23)/t15-/m1/s1. The summed E-state index contributed by atoms with van der Waals surface area (Å²) < 4.78 is 11.3. The maximum Gasteiger partial charge on any atom is 0.410 e. The Kier molecular flexibility index (Phi) is 6.21. The van der Waals surface area contributed by atoms with Gasteiger partial charge in [0.1, 0.15) is 5.60 Å². The van der Waals surface area contributed by atoms with Crippen LogP contribution in [0.2, 0.25) is 0 Å². The van der Waals surface area contributed by atoms with Crippen molar-refractivity contribution in [2.24, 2.45) is 0 Å². The van der Waals surface area contributed by atoms with E-state index in [1.165, 1.54) is 0 Å². The van der Waals surface area contributed by atoms with E-state index in [9.17, 15) is 4.79 Å². The number of ether oxygens (including phenoxy) is 2. The molecular formula is C21H30N4O3. The number of amides is 1. The van der Waals surface area contributed by atoms with Gasteiger partial charge in [-0.25, -0.2) is 14.8 Å². The van der Waals surface area contributed by atoms with E-state index in [1.807, 2.05) is 49.9 Å². The minimum Gasteiger partial charge on any atom is -0.475 e. The van der Waals surface area contributed by atoms with Crippen molar-refractivity contribution >= 4 is 22.9 Å². The molecular weight excluding hydrogens is 356 g/mol. The molecule has 1 amide bonds. The number of aromatic nitrogens is 2. The van der Waals surface area contributed by atoms with Gasteiger partial charge >= 0.3 is 6.09 Å². The lowest BCUT2D eigenvalue weighted by Crippen LogP contribution is -2.46. The van der Waals surface area contributed by atoms with Gasteiger partial charge in [0.2, 0.25) is 0 Å². The van der Waals surface area contributed by atoms with Crippen LogP contribution in [0.1, 0.15) is 52.9 Å². The molecule has 7 nitrogen and oxygen atoms in total. The lowest BCUT2D eigenvalue weighted by Gasteiger charge is -2.36. The number of likely N-dealkylation sites (tertiary alicyclic amines) is 1. The Morgan fingerprint density at radius 2 is 1.93 bits per heavy atom. The number of piperidine rings is 1. The summed E-state index contributed by atoms with van der Waals surface area (Å²) in [7, 11) is 0. The predicted octanol–water partition coefficient (Wildman–Crippen LogP) is 4.16. The summed E-state index contributed by atoms with van der Waals surface area (Å²) >= 11 is 0. The Morgan fingerprint density at radius 1 is 1.21 bits per heavy atom. The summed E-state index contributed by atoms with van der Waals surface area (Å²) in [6.07, 6.45) is 4.60. The summed E-state index contributed by atoms with van der Waals surface area (Å²) in [4.78, 5) is 23.1. The van der Waals surface area contributed by atoms with Crippen molar-refractivity contribution < 1.29 is 14.3 Å². The third-order valence-electron chi connectivity index (χ3n) is 4.74. The minimum atomic E-state index is -0.478. The zero-order valence-corrected chi connectivity index (χ0v) is 17.0. The average molecular weight is 386 g/mol. The number of hydrogen-bond donors (Lipinski definition) is 1. The van der Waals surface area contributed by atoms with Crippen LogP contribution in [0.4, 0.5) is 10.6 Å². The van der Waals surface area contributed by atoms with Crippen LogP contribution >= 0.6 is 0 Å². The van der Waals surface area contributed by atoms with Crippen LogP contribution in [0.25, 0.3) is 11.0 Å². The van der Waals surface area contributed by atoms with Gasteiger partial charge in [0.05, 0.1) is 17.6 Å². The largest absolute Gasteiger partial charge is 0.475 e. The van der Waals surface area contributed by atoms with Gasteiger partial charge in [-0.3, -0.25) is 0 Å². The number of nitrogens with zero attached hydrogens (tertiary/aromatic N) is 3. The Balaban J connectivity index is 1.53. The van der Waals surface area contributed by atoms with Gasteiger partial charge in [0.25, 0.3) is 5.88 Å². The van der Waals surface area contributed by atoms with Gasteiger partial charge in [-0.1, -0.05) is 12.1 Å². The van der Waals surface area contributed by atoms with Crippen LogP contribution in [0.15, 0.2) is 24.3 Å². The highest BCUT2D eigenvalue weighted by Gasteiger charge is 2.30. The molecule has 2 aromatic rings. The monoisotopic (exact) mass is 386 g/mol. The predicted molar refractivity (Wildman–Crippen MR) is 109 cm³/mol. The second kappa shape index (κ2) is 8.63. The molecule has 0 aliphatic carbocycles. The van der Waals surface area contributed by atoms with Gasteiger partial charge < -0.3 is 20.1 Å². The van der Waals surface area contributed by atoms with E-state index in [4.69, 9.17) is 15.2 Å². The number of hydrogen-bond acceptors (Lipinski definition) is 6. The van der Waals surface area contributed by atoms with Gasteiger partial charge in [0, 0.05) is 12.6 Å². The zero-order chi connectivity index (χ0) is 20.1. The molecule has 2 N–H and O–H groups in total. The molecule has 0 radical (unpaired) electrons. The summed E-state index contributed by atoms with van der Waals surface area (Å²) in [5.74, 6) is 0.665. The van der Waals surface area contributed by atoms with Crippen molar-refractivity contribution in [2.75, 3.05) is 18.9 Å². The highest BCUT2D eigenvalue weighted by Crippen LogP contribution is 2.24. The fraction of sp³-hybridized carbons (Fsp3) is 0.571. The number of anilines is 1. The second-order valence-electron chi connectivity index (χ2n) is 8.22. The van der Waals surface area contributed by atoms with Crippen LogP contribution in [0, 0.1) is 0 Å². The highest BCUT2D eigenvalue weighted by atomic mass is 16.6. The molecule has 3 rings (SSSR count). The van der Waals surface area contributed by atoms with Crippen molar-refractivity contribution in [1.29, 1.82) is 0 Å². The molecule has 1 saturated heterocycles. The van der Waals surface area contributed by atoms with Gasteiger partial charge in [-0.05, 0) is 65.0 Å². The minimum absolute atomic E-state index is 0.187. The quantitative estimate of drug-likeness (QED) is 0.776. The van der Waals surface area contributed by atoms with Crippen LogP contribution < -0.4 is 10.5 Å². The lowest BCUT2D eigenvalue weighted by molar-refractivity contribution is 0.00822. The maximum absolute atomic E-state index is 12.5. The van der Waals surface area contributed by atoms with Gasteiger partial charge in [-0.2, -0.15) is 0 Å². The fourth-order valence-corrected chi connectivity index (χ4v) is 3.45. The number of nitrogen functional groups attached to an aromatic ring is 1. The number of nitrogens with two attached hydrogens (primary N) is 1. The van der Waals surface area contributed by atoms with E-state index in [0.717, 1.165) is 49.7 Å². The van der Waals surface area contributed by atoms with Crippen LogP contribution in [-0.2, 0) is 4.74 Å². The van der Waals surface area contributed by atoms with Gasteiger partial charge in [0.15, 0.2) is 5.82 Å². The number of carbonyl (C=O) groups excluding carboxylic acids is 1. The number of rotatable bonds is 5. The highest BCUT2D eigenvalue weighted by molar-refractivity contribution is 5.76. The van der Waals surface area contributed by atoms with Crippen molar-refractivity contribution in [3.05, 3.63) is 24.3 Å². The normalized spacial score (nSPS) is 17.5. The molecule has 1 aliphatic rings. The Bertz CT molecular complexity index is 819. The molecule has 0 bridgehead atoms. The first kappa shape index (κ1) is 20.2. The molecule has 1 aliphatic heterocycles. The topological polar surface area (TPSA) is 90.6 Å². The average Bonchev–Trinajstić information content (AvgIpc) is 2.64. The molecule has 0 saturated carbocycles. The first-order chi connectivity index (χ1) is 13.3. The first-order valence-corrected chi connectivity index (χ1v) is 9.98. The summed E-state index contributed by atoms with van der Waals surface area (Å²) in [5, 5.41) is 0. The van der Waals surface area contributed by atoms with E-state index in [2.05, 4.69) is 9.97 Å². The molecule has 2 heterocycles.